The molecule has 3 fully saturated rings. The van der Waals surface area contributed by atoms with Crippen molar-refractivity contribution in [1.29, 1.82) is 0 Å². The van der Waals surface area contributed by atoms with E-state index in [0.717, 1.165) is 11.6 Å². The topological polar surface area (TPSA) is 43.9 Å². The lowest BCUT2D eigenvalue weighted by Crippen LogP contribution is -2.56. The van der Waals surface area contributed by atoms with Crippen LogP contribution in [0.1, 0.15) is 63.1 Å². The van der Waals surface area contributed by atoms with E-state index in [1.165, 1.54) is 17.0 Å². The number of hydrogen-bond acceptors (Lipinski definition) is 3. The van der Waals surface area contributed by atoms with Crippen LogP contribution in [0.4, 0.5) is 17.6 Å². The lowest BCUT2D eigenvalue weighted by atomic mass is 9.79. The SMILES string of the molecule is CC(C)(C)N1C[C@@H](C(=O)N2CC[C@@H](c3ccc(Cl)cc3)N(C(=O)C3CC(F)(F)C3)C2)[C@H](c2ccc(F)cc2F)C1. The first-order valence-electron chi connectivity index (χ1n) is 13.7. The molecule has 3 atom stereocenters. The van der Waals surface area contributed by atoms with E-state index in [1.54, 1.807) is 17.0 Å². The molecule has 10 heteroatoms. The quantitative estimate of drug-likeness (QED) is 0.403. The largest absolute Gasteiger partial charge is 0.324 e. The van der Waals surface area contributed by atoms with Gasteiger partial charge in [-0.15, -0.1) is 0 Å². The number of benzene rings is 2. The lowest BCUT2D eigenvalue weighted by molar-refractivity contribution is -0.168. The average molecular weight is 580 g/mol. The van der Waals surface area contributed by atoms with Gasteiger partial charge in [-0.1, -0.05) is 29.8 Å². The highest BCUT2D eigenvalue weighted by atomic mass is 35.5. The molecule has 0 aromatic heterocycles. The molecule has 1 saturated carbocycles. The predicted octanol–water partition coefficient (Wildman–Crippen LogP) is 6.24. The van der Waals surface area contributed by atoms with E-state index in [2.05, 4.69) is 4.90 Å². The molecule has 5 rings (SSSR count). The van der Waals surface area contributed by atoms with Crippen LogP contribution in [0, 0.1) is 23.5 Å². The summed E-state index contributed by atoms with van der Waals surface area (Å²) < 4.78 is 56.0. The average Bonchev–Trinajstić information content (AvgIpc) is 3.32. The Kier molecular flexibility index (Phi) is 7.68. The van der Waals surface area contributed by atoms with Crippen molar-refractivity contribution in [2.24, 2.45) is 11.8 Å². The number of likely N-dealkylation sites (tertiary alicyclic amines) is 1. The minimum atomic E-state index is -2.85. The molecule has 0 radical (unpaired) electrons. The van der Waals surface area contributed by atoms with Gasteiger partial charge in [-0.2, -0.15) is 0 Å². The molecule has 216 valence electrons. The van der Waals surface area contributed by atoms with E-state index in [0.29, 0.717) is 31.1 Å². The fourth-order valence-corrected chi connectivity index (χ4v) is 6.37. The van der Waals surface area contributed by atoms with Crippen molar-refractivity contribution < 1.29 is 27.2 Å². The molecule has 40 heavy (non-hydrogen) atoms. The summed E-state index contributed by atoms with van der Waals surface area (Å²) in [4.78, 5) is 32.8. The molecule has 2 amide bonds. The van der Waals surface area contributed by atoms with Gasteiger partial charge in [0.05, 0.1) is 18.6 Å². The Morgan fingerprint density at radius 1 is 0.975 bits per heavy atom. The first-order chi connectivity index (χ1) is 18.7. The summed E-state index contributed by atoms with van der Waals surface area (Å²) in [5, 5.41) is 0.538. The third-order valence-electron chi connectivity index (χ3n) is 8.61. The van der Waals surface area contributed by atoms with E-state index in [-0.39, 0.29) is 29.7 Å². The lowest BCUT2D eigenvalue weighted by Gasteiger charge is -2.46. The summed E-state index contributed by atoms with van der Waals surface area (Å²) in [5.74, 6) is -6.78. The van der Waals surface area contributed by atoms with Crippen molar-refractivity contribution in [1.82, 2.24) is 14.7 Å². The van der Waals surface area contributed by atoms with Crippen LogP contribution < -0.4 is 0 Å². The molecule has 0 N–H and O–H groups in total. The second-order valence-electron chi connectivity index (χ2n) is 12.3. The second-order valence-corrected chi connectivity index (χ2v) is 12.8. The normalized spacial score (nSPS) is 25.6. The van der Waals surface area contributed by atoms with Gasteiger partial charge in [-0.3, -0.25) is 14.5 Å². The zero-order valence-electron chi connectivity index (χ0n) is 22.8. The van der Waals surface area contributed by atoms with Crippen molar-refractivity contribution in [3.63, 3.8) is 0 Å². The summed E-state index contributed by atoms with van der Waals surface area (Å²) in [5.41, 5.74) is 0.817. The molecule has 0 spiro atoms. The summed E-state index contributed by atoms with van der Waals surface area (Å²) in [6, 6.07) is 10.1. The van der Waals surface area contributed by atoms with Crippen LogP contribution >= 0.6 is 11.6 Å². The minimum absolute atomic E-state index is 0.0440. The van der Waals surface area contributed by atoms with Crippen LogP contribution in [0.3, 0.4) is 0 Å². The van der Waals surface area contributed by atoms with Gasteiger partial charge in [0.2, 0.25) is 17.7 Å². The van der Waals surface area contributed by atoms with Gasteiger partial charge >= 0.3 is 0 Å². The Labute approximate surface area is 237 Å². The monoisotopic (exact) mass is 579 g/mol. The standard InChI is InChI=1S/C30H34ClF4N3O2/c1-29(2,3)37-15-23(22-9-8-21(32)12-25(22)33)24(16-37)28(40)36-11-10-26(18-4-6-20(31)7-5-18)38(17-36)27(39)19-13-30(34,35)14-19/h4-9,12,19,23-24,26H,10-11,13-17H2,1-3H3/t23-,24+,26-/m0/s1. The Morgan fingerprint density at radius 3 is 2.25 bits per heavy atom. The van der Waals surface area contributed by atoms with Crippen LogP contribution in [0.15, 0.2) is 42.5 Å². The van der Waals surface area contributed by atoms with Crippen molar-refractivity contribution in [3.05, 3.63) is 70.2 Å². The highest BCUT2D eigenvalue weighted by Crippen LogP contribution is 2.45. The first kappa shape index (κ1) is 28.9. The summed E-state index contributed by atoms with van der Waals surface area (Å²) in [6.07, 6.45) is -0.578. The number of rotatable bonds is 4. The van der Waals surface area contributed by atoms with Crippen LogP contribution in [-0.4, -0.2) is 64.3 Å². The smallest absolute Gasteiger partial charge is 0.249 e. The molecule has 0 bridgehead atoms. The molecule has 0 unspecified atom stereocenters. The Morgan fingerprint density at radius 2 is 1.65 bits per heavy atom. The van der Waals surface area contributed by atoms with Gasteiger partial charge < -0.3 is 9.80 Å². The van der Waals surface area contributed by atoms with Crippen LogP contribution in [0.5, 0.6) is 0 Å². The number of halogens is 5. The molecule has 2 aromatic rings. The third-order valence-corrected chi connectivity index (χ3v) is 8.86. The second kappa shape index (κ2) is 10.6. The highest BCUT2D eigenvalue weighted by Gasteiger charge is 2.52. The molecule has 1 aliphatic carbocycles. The minimum Gasteiger partial charge on any atom is -0.324 e. The van der Waals surface area contributed by atoms with Gasteiger partial charge in [0, 0.05) is 60.9 Å². The molecule has 2 aliphatic heterocycles. The van der Waals surface area contributed by atoms with Gasteiger partial charge in [-0.25, -0.2) is 17.6 Å². The number of carbonyl (C=O) groups is 2. The third kappa shape index (κ3) is 5.73. The van der Waals surface area contributed by atoms with Gasteiger partial charge in [0.1, 0.15) is 11.6 Å². The molecule has 2 aromatic carbocycles. The maximum Gasteiger partial charge on any atom is 0.249 e. The number of carbonyl (C=O) groups excluding carboxylic acids is 2. The molecule has 3 aliphatic rings. The van der Waals surface area contributed by atoms with E-state index >= 15 is 0 Å². The van der Waals surface area contributed by atoms with Gasteiger partial charge in [0.15, 0.2) is 0 Å². The first-order valence-corrected chi connectivity index (χ1v) is 14.0. The van der Waals surface area contributed by atoms with E-state index in [4.69, 9.17) is 11.6 Å². The number of hydrogen-bond donors (Lipinski definition) is 0. The van der Waals surface area contributed by atoms with Crippen molar-refractivity contribution >= 4 is 23.4 Å². The summed E-state index contributed by atoms with van der Waals surface area (Å²) >= 11 is 6.06. The predicted molar refractivity (Wildman–Crippen MR) is 144 cm³/mol. The van der Waals surface area contributed by atoms with E-state index in [9.17, 15) is 27.2 Å². The molecule has 2 heterocycles. The van der Waals surface area contributed by atoms with Crippen molar-refractivity contribution in [3.8, 4) is 0 Å². The van der Waals surface area contributed by atoms with E-state index < -0.39 is 54.1 Å². The Hall–Kier alpha value is -2.65. The summed E-state index contributed by atoms with van der Waals surface area (Å²) in [6.45, 7) is 7.16. The van der Waals surface area contributed by atoms with Crippen LogP contribution in [0.2, 0.25) is 5.02 Å². The number of amides is 2. The molecule has 2 saturated heterocycles. The van der Waals surface area contributed by atoms with Gasteiger partial charge in [-0.05, 0) is 56.5 Å². The Balaban J connectivity index is 1.42. The zero-order valence-corrected chi connectivity index (χ0v) is 23.6. The fourth-order valence-electron chi connectivity index (χ4n) is 6.25. The zero-order chi connectivity index (χ0) is 29.0. The molecular formula is C30H34ClF4N3O2. The number of nitrogens with zero attached hydrogens (tertiary/aromatic N) is 3. The maximum absolute atomic E-state index is 14.9. The molecule has 5 nitrogen and oxygen atoms in total. The maximum atomic E-state index is 14.9. The van der Waals surface area contributed by atoms with E-state index in [1.807, 2.05) is 32.9 Å². The summed E-state index contributed by atoms with van der Waals surface area (Å²) in [7, 11) is 0. The van der Waals surface area contributed by atoms with Gasteiger partial charge in [0.25, 0.3) is 0 Å². The molecular weight excluding hydrogens is 546 g/mol. The van der Waals surface area contributed by atoms with Crippen molar-refractivity contribution in [2.75, 3.05) is 26.3 Å². The van der Waals surface area contributed by atoms with Crippen LogP contribution in [0.25, 0.3) is 0 Å². The van der Waals surface area contributed by atoms with Crippen molar-refractivity contribution in [2.45, 2.75) is 63.5 Å². The highest BCUT2D eigenvalue weighted by molar-refractivity contribution is 6.30. The number of alkyl halides is 2. The Bertz CT molecular complexity index is 1270. The fraction of sp³-hybridized carbons (Fsp3) is 0.533. The van der Waals surface area contributed by atoms with Crippen LogP contribution in [-0.2, 0) is 9.59 Å².